The largest absolute Gasteiger partial charge is 0.453 e. The van der Waals surface area contributed by atoms with Crippen molar-refractivity contribution in [3.63, 3.8) is 0 Å². The maximum atomic E-state index is 7.38. The summed E-state index contributed by atoms with van der Waals surface area (Å²) in [5, 5.41) is 2.43. The summed E-state index contributed by atoms with van der Waals surface area (Å²) in [5.41, 5.74) is 15.0. The molecule has 8 aromatic carbocycles. The van der Waals surface area contributed by atoms with Gasteiger partial charge in [0.2, 0.25) is 0 Å². The Morgan fingerprint density at radius 1 is 0.392 bits per heavy atom. The van der Waals surface area contributed by atoms with Crippen LogP contribution in [0.1, 0.15) is 25.0 Å². The van der Waals surface area contributed by atoms with Crippen molar-refractivity contribution < 1.29 is 4.74 Å². The Morgan fingerprint density at radius 3 is 1.80 bits per heavy atom. The third-order valence-corrected chi connectivity index (χ3v) is 10.9. The van der Waals surface area contributed by atoms with E-state index in [9.17, 15) is 0 Å². The Kier molecular flexibility index (Phi) is 6.56. The molecule has 0 aromatic heterocycles. The first-order valence-corrected chi connectivity index (χ1v) is 17.7. The van der Waals surface area contributed by atoms with Crippen molar-refractivity contribution in [2.24, 2.45) is 0 Å². The van der Waals surface area contributed by atoms with E-state index in [4.69, 9.17) is 4.74 Å². The summed E-state index contributed by atoms with van der Waals surface area (Å²) < 4.78 is 7.38. The van der Waals surface area contributed by atoms with Crippen LogP contribution in [0.4, 0.5) is 17.1 Å². The van der Waals surface area contributed by atoms with Gasteiger partial charge in [-0.3, -0.25) is 0 Å². The third kappa shape index (κ3) is 4.57. The SMILES string of the molecule is CC1(C)c2ccccc2-c2ccc(N(c3ccccc3)c3cccc4c3Oc3c(-c5ccc6ccccc6c5)cccc3-c3ccccc3-4)cc21. The van der Waals surface area contributed by atoms with Gasteiger partial charge in [-0.1, -0.05) is 153 Å². The molecule has 10 rings (SSSR count). The molecule has 1 aliphatic heterocycles. The number of fused-ring (bicyclic) bond motifs is 9. The van der Waals surface area contributed by atoms with Crippen molar-refractivity contribution in [3.05, 3.63) is 187 Å². The maximum Gasteiger partial charge on any atom is 0.159 e. The number of benzene rings is 8. The molecular weight excluding hydrogens is 619 g/mol. The summed E-state index contributed by atoms with van der Waals surface area (Å²) in [6.07, 6.45) is 0. The smallest absolute Gasteiger partial charge is 0.159 e. The fourth-order valence-electron chi connectivity index (χ4n) is 8.35. The average Bonchev–Trinajstić information content (AvgIpc) is 3.30. The summed E-state index contributed by atoms with van der Waals surface area (Å²) >= 11 is 0. The molecule has 0 bridgehead atoms. The van der Waals surface area contributed by atoms with Gasteiger partial charge in [0.05, 0.1) is 5.69 Å². The van der Waals surface area contributed by atoms with Crippen LogP contribution in [0.25, 0.3) is 55.3 Å². The molecule has 51 heavy (non-hydrogen) atoms. The predicted molar refractivity (Wildman–Crippen MR) is 213 cm³/mol. The Labute approximate surface area is 298 Å². The number of rotatable bonds is 4. The van der Waals surface area contributed by atoms with Crippen molar-refractivity contribution in [1.82, 2.24) is 0 Å². The van der Waals surface area contributed by atoms with Crippen molar-refractivity contribution >= 4 is 27.8 Å². The highest BCUT2D eigenvalue weighted by atomic mass is 16.5. The van der Waals surface area contributed by atoms with E-state index in [1.807, 2.05) is 0 Å². The fourth-order valence-corrected chi connectivity index (χ4v) is 8.35. The second kappa shape index (κ2) is 11.3. The van der Waals surface area contributed by atoms with Crippen LogP contribution in [-0.2, 0) is 5.41 Å². The van der Waals surface area contributed by atoms with Gasteiger partial charge in [-0.05, 0) is 86.1 Å². The lowest BCUT2D eigenvalue weighted by atomic mass is 9.82. The molecule has 2 nitrogen and oxygen atoms in total. The highest BCUT2D eigenvalue weighted by molar-refractivity contribution is 5.99. The van der Waals surface area contributed by atoms with E-state index in [-0.39, 0.29) is 5.41 Å². The second-order valence-corrected chi connectivity index (χ2v) is 14.1. The molecular formula is C49H35NO. The molecule has 2 heteroatoms. The van der Waals surface area contributed by atoms with Crippen LogP contribution in [0.2, 0.25) is 0 Å². The van der Waals surface area contributed by atoms with E-state index in [2.05, 4.69) is 195 Å². The van der Waals surface area contributed by atoms with Gasteiger partial charge in [0, 0.05) is 33.5 Å². The van der Waals surface area contributed by atoms with E-state index in [0.29, 0.717) is 0 Å². The standard InChI is InChI=1S/C49H35NO/c1-49(2)44-24-11-10-20-40(44)41-29-28-36(31-45(41)49)50(35-16-4-3-5-17-35)46-25-13-23-43-39-19-9-8-18-38(39)42-22-12-21-37(47(42)51-48(43)46)34-27-26-32-14-6-7-15-33(32)30-34/h3-31H,1-2H3. The first kappa shape index (κ1) is 29.5. The van der Waals surface area contributed by atoms with Crippen LogP contribution in [0, 0.1) is 0 Å². The molecule has 0 saturated carbocycles. The molecule has 1 heterocycles. The molecule has 2 aliphatic rings. The molecule has 0 atom stereocenters. The summed E-state index contributed by atoms with van der Waals surface area (Å²) in [6, 6.07) is 63.5. The zero-order valence-electron chi connectivity index (χ0n) is 28.6. The van der Waals surface area contributed by atoms with Gasteiger partial charge in [-0.25, -0.2) is 0 Å². The average molecular weight is 654 g/mol. The minimum Gasteiger partial charge on any atom is -0.453 e. The monoisotopic (exact) mass is 653 g/mol. The quantitative estimate of drug-likeness (QED) is 0.187. The van der Waals surface area contributed by atoms with Gasteiger partial charge in [-0.2, -0.15) is 0 Å². The summed E-state index contributed by atoms with van der Waals surface area (Å²) in [6.45, 7) is 4.68. The minimum atomic E-state index is -0.124. The molecule has 0 N–H and O–H groups in total. The van der Waals surface area contributed by atoms with Gasteiger partial charge in [-0.15, -0.1) is 0 Å². The van der Waals surface area contributed by atoms with Gasteiger partial charge < -0.3 is 9.64 Å². The van der Waals surface area contributed by atoms with E-state index < -0.39 is 0 Å². The zero-order chi connectivity index (χ0) is 34.1. The van der Waals surface area contributed by atoms with E-state index >= 15 is 0 Å². The van der Waals surface area contributed by atoms with Crippen LogP contribution in [0.3, 0.4) is 0 Å². The molecule has 8 aromatic rings. The van der Waals surface area contributed by atoms with Crippen molar-refractivity contribution in [2.75, 3.05) is 4.90 Å². The normalized spacial score (nSPS) is 13.2. The highest BCUT2D eigenvalue weighted by Crippen LogP contribution is 2.56. The van der Waals surface area contributed by atoms with Crippen molar-refractivity contribution in [3.8, 4) is 56.0 Å². The van der Waals surface area contributed by atoms with Crippen molar-refractivity contribution in [1.29, 1.82) is 0 Å². The Balaban J connectivity index is 1.21. The van der Waals surface area contributed by atoms with Crippen LogP contribution >= 0.6 is 0 Å². The number of hydrogen-bond acceptors (Lipinski definition) is 2. The van der Waals surface area contributed by atoms with Gasteiger partial charge >= 0.3 is 0 Å². The summed E-state index contributed by atoms with van der Waals surface area (Å²) in [4.78, 5) is 2.37. The molecule has 0 saturated heterocycles. The molecule has 242 valence electrons. The first-order valence-electron chi connectivity index (χ1n) is 17.7. The summed E-state index contributed by atoms with van der Waals surface area (Å²) in [5.74, 6) is 1.70. The van der Waals surface area contributed by atoms with E-state index in [0.717, 1.165) is 61.9 Å². The van der Waals surface area contributed by atoms with Crippen LogP contribution in [0.15, 0.2) is 176 Å². The second-order valence-electron chi connectivity index (χ2n) is 14.1. The number of anilines is 3. The topological polar surface area (TPSA) is 12.5 Å². The van der Waals surface area contributed by atoms with Gasteiger partial charge in [0.25, 0.3) is 0 Å². The van der Waals surface area contributed by atoms with Gasteiger partial charge in [0.15, 0.2) is 5.75 Å². The summed E-state index contributed by atoms with van der Waals surface area (Å²) in [7, 11) is 0. The lowest BCUT2D eigenvalue weighted by molar-refractivity contribution is 0.490. The first-order chi connectivity index (χ1) is 25.1. The zero-order valence-corrected chi connectivity index (χ0v) is 28.6. The van der Waals surface area contributed by atoms with Crippen molar-refractivity contribution in [2.45, 2.75) is 19.3 Å². The van der Waals surface area contributed by atoms with Gasteiger partial charge in [0.1, 0.15) is 5.75 Å². The van der Waals surface area contributed by atoms with E-state index in [1.54, 1.807) is 0 Å². The minimum absolute atomic E-state index is 0.124. The Morgan fingerprint density at radius 2 is 1.00 bits per heavy atom. The van der Waals surface area contributed by atoms with Crippen LogP contribution in [-0.4, -0.2) is 0 Å². The lowest BCUT2D eigenvalue weighted by Crippen LogP contribution is -2.16. The molecule has 0 radical (unpaired) electrons. The molecule has 0 unspecified atom stereocenters. The molecule has 0 amide bonds. The maximum absolute atomic E-state index is 7.38. The van der Waals surface area contributed by atoms with Crippen LogP contribution < -0.4 is 9.64 Å². The molecule has 1 aliphatic carbocycles. The van der Waals surface area contributed by atoms with Crippen LogP contribution in [0.5, 0.6) is 11.5 Å². The lowest BCUT2D eigenvalue weighted by Gasteiger charge is -2.30. The number of hydrogen-bond donors (Lipinski definition) is 0. The Bertz CT molecular complexity index is 2650. The predicted octanol–water partition coefficient (Wildman–Crippen LogP) is 13.7. The third-order valence-electron chi connectivity index (χ3n) is 10.9. The van der Waals surface area contributed by atoms with E-state index in [1.165, 1.54) is 33.0 Å². The Hall–Kier alpha value is -6.38. The number of ether oxygens (including phenoxy) is 1. The molecule has 0 spiro atoms. The number of nitrogens with zero attached hydrogens (tertiary/aromatic N) is 1. The number of para-hydroxylation sites is 3. The highest BCUT2D eigenvalue weighted by Gasteiger charge is 2.36. The molecule has 0 fully saturated rings. The fraction of sp³-hybridized carbons (Fsp3) is 0.0612.